The van der Waals surface area contributed by atoms with E-state index in [1.807, 2.05) is 6.26 Å². The van der Waals surface area contributed by atoms with Crippen molar-refractivity contribution in [3.8, 4) is 0 Å². The summed E-state index contributed by atoms with van der Waals surface area (Å²) in [5.41, 5.74) is 1.28. The minimum Gasteiger partial charge on any atom is -0.493 e. The van der Waals surface area contributed by atoms with Crippen LogP contribution in [0.15, 0.2) is 24.5 Å². The van der Waals surface area contributed by atoms with Crippen LogP contribution in [0.5, 0.6) is 0 Å². The molecule has 0 aromatic rings. The zero-order valence-electron chi connectivity index (χ0n) is 6.05. The first-order valence-electron chi connectivity index (χ1n) is 3.88. The summed E-state index contributed by atoms with van der Waals surface area (Å²) in [4.78, 5) is 0. The molecule has 0 aromatic carbocycles. The maximum absolute atomic E-state index is 5.39. The molecule has 0 radical (unpaired) electrons. The Morgan fingerprint density at radius 2 is 2.50 bits per heavy atom. The van der Waals surface area contributed by atoms with E-state index in [0.29, 0.717) is 12.0 Å². The van der Waals surface area contributed by atoms with Crippen LogP contribution in [0.25, 0.3) is 0 Å². The van der Waals surface area contributed by atoms with Crippen LogP contribution in [0.2, 0.25) is 0 Å². The molecule has 54 valence electrons. The van der Waals surface area contributed by atoms with Crippen molar-refractivity contribution in [1.82, 2.24) is 0 Å². The molecule has 0 amide bonds. The summed E-state index contributed by atoms with van der Waals surface area (Å²) in [5.74, 6) is 0.640. The van der Waals surface area contributed by atoms with Gasteiger partial charge in [-0.1, -0.05) is 6.58 Å². The molecular weight excluding hydrogens is 124 g/mol. The maximum Gasteiger partial charge on any atom is 0.125 e. The van der Waals surface area contributed by atoms with E-state index in [2.05, 4.69) is 12.7 Å². The Morgan fingerprint density at radius 3 is 3.30 bits per heavy atom. The fourth-order valence-electron chi connectivity index (χ4n) is 1.79. The highest BCUT2D eigenvalue weighted by Gasteiger charge is 2.29. The Hall–Kier alpha value is -0.720. The molecule has 2 aliphatic rings. The standard InChI is InChI=1S/C9H12O/c1-7-3-2-4-8-5-6-10-9(7)8/h5-6,8-9H,1-4H2. The van der Waals surface area contributed by atoms with Gasteiger partial charge in [-0.3, -0.25) is 0 Å². The van der Waals surface area contributed by atoms with Crippen LogP contribution in [0, 0.1) is 5.92 Å². The summed E-state index contributed by atoms with van der Waals surface area (Å²) in [6.07, 6.45) is 8.03. The number of ether oxygens (including phenoxy) is 1. The largest absolute Gasteiger partial charge is 0.493 e. The van der Waals surface area contributed by atoms with Crippen LogP contribution in [-0.2, 0) is 4.74 Å². The molecule has 1 aliphatic carbocycles. The minimum atomic E-state index is 0.328. The average molecular weight is 136 g/mol. The van der Waals surface area contributed by atoms with Crippen LogP contribution in [-0.4, -0.2) is 6.10 Å². The van der Waals surface area contributed by atoms with Crippen molar-refractivity contribution < 1.29 is 4.74 Å². The summed E-state index contributed by atoms with van der Waals surface area (Å²) >= 11 is 0. The topological polar surface area (TPSA) is 9.23 Å². The molecule has 0 bridgehead atoms. The highest BCUT2D eigenvalue weighted by Crippen LogP contribution is 2.34. The third-order valence-corrected chi connectivity index (χ3v) is 2.38. The molecular formula is C9H12O. The van der Waals surface area contributed by atoms with Crippen molar-refractivity contribution in [3.63, 3.8) is 0 Å². The SMILES string of the molecule is C=C1CCCC2C=COC12. The molecule has 2 rings (SSSR count). The molecule has 1 saturated carbocycles. The first kappa shape index (κ1) is 6.02. The number of fused-ring (bicyclic) bond motifs is 1. The molecule has 1 heterocycles. The zero-order valence-corrected chi connectivity index (χ0v) is 6.05. The molecule has 1 aliphatic heterocycles. The molecule has 0 N–H and O–H groups in total. The van der Waals surface area contributed by atoms with Crippen LogP contribution >= 0.6 is 0 Å². The molecule has 0 saturated heterocycles. The van der Waals surface area contributed by atoms with Gasteiger partial charge in [-0.25, -0.2) is 0 Å². The van der Waals surface area contributed by atoms with E-state index in [1.165, 1.54) is 18.4 Å². The summed E-state index contributed by atoms with van der Waals surface area (Å²) in [6.45, 7) is 3.99. The normalized spacial score (nSPS) is 37.4. The second-order valence-corrected chi connectivity index (χ2v) is 3.10. The third-order valence-electron chi connectivity index (χ3n) is 2.38. The van der Waals surface area contributed by atoms with Gasteiger partial charge in [0.15, 0.2) is 0 Å². The van der Waals surface area contributed by atoms with E-state index in [0.717, 1.165) is 6.42 Å². The summed E-state index contributed by atoms with van der Waals surface area (Å²) in [7, 11) is 0. The Morgan fingerprint density at radius 1 is 1.60 bits per heavy atom. The van der Waals surface area contributed by atoms with Crippen molar-refractivity contribution >= 4 is 0 Å². The Balaban J connectivity index is 2.14. The van der Waals surface area contributed by atoms with Crippen molar-refractivity contribution in [1.29, 1.82) is 0 Å². The van der Waals surface area contributed by atoms with Crippen LogP contribution in [0.3, 0.4) is 0 Å². The summed E-state index contributed by atoms with van der Waals surface area (Å²) < 4.78 is 5.39. The van der Waals surface area contributed by atoms with Gasteiger partial charge in [-0.2, -0.15) is 0 Å². The lowest BCUT2D eigenvalue weighted by molar-refractivity contribution is 0.146. The van der Waals surface area contributed by atoms with E-state index in [1.54, 1.807) is 0 Å². The monoisotopic (exact) mass is 136 g/mol. The van der Waals surface area contributed by atoms with Crippen molar-refractivity contribution in [2.24, 2.45) is 5.92 Å². The fraction of sp³-hybridized carbons (Fsp3) is 0.556. The lowest BCUT2D eigenvalue weighted by Gasteiger charge is -2.25. The van der Waals surface area contributed by atoms with Gasteiger partial charge in [0.25, 0.3) is 0 Å². The third kappa shape index (κ3) is 0.772. The van der Waals surface area contributed by atoms with Gasteiger partial charge in [0.2, 0.25) is 0 Å². The number of hydrogen-bond acceptors (Lipinski definition) is 1. The van der Waals surface area contributed by atoms with Crippen molar-refractivity contribution in [3.05, 3.63) is 24.5 Å². The molecule has 0 aromatic heterocycles. The smallest absolute Gasteiger partial charge is 0.125 e. The van der Waals surface area contributed by atoms with Gasteiger partial charge >= 0.3 is 0 Å². The fourth-order valence-corrected chi connectivity index (χ4v) is 1.79. The van der Waals surface area contributed by atoms with Crippen LogP contribution in [0.4, 0.5) is 0 Å². The van der Waals surface area contributed by atoms with Gasteiger partial charge in [0, 0.05) is 5.92 Å². The first-order chi connectivity index (χ1) is 4.88. The molecule has 2 atom stereocenters. The maximum atomic E-state index is 5.39. The van der Waals surface area contributed by atoms with E-state index < -0.39 is 0 Å². The summed E-state index contributed by atoms with van der Waals surface area (Å²) in [6, 6.07) is 0. The van der Waals surface area contributed by atoms with Gasteiger partial charge < -0.3 is 4.74 Å². The lowest BCUT2D eigenvalue weighted by atomic mass is 9.84. The Labute approximate surface area is 61.4 Å². The second kappa shape index (κ2) is 2.15. The van der Waals surface area contributed by atoms with Crippen molar-refractivity contribution in [2.45, 2.75) is 25.4 Å². The minimum absolute atomic E-state index is 0.328. The van der Waals surface area contributed by atoms with Crippen LogP contribution < -0.4 is 0 Å². The highest BCUT2D eigenvalue weighted by molar-refractivity contribution is 5.15. The molecule has 2 unspecified atom stereocenters. The van der Waals surface area contributed by atoms with Crippen LogP contribution in [0.1, 0.15) is 19.3 Å². The quantitative estimate of drug-likeness (QED) is 0.464. The predicted octanol–water partition coefficient (Wildman–Crippen LogP) is 2.26. The van der Waals surface area contributed by atoms with E-state index in [9.17, 15) is 0 Å². The molecule has 1 heteroatoms. The molecule has 1 fully saturated rings. The second-order valence-electron chi connectivity index (χ2n) is 3.10. The Bertz CT molecular complexity index is 181. The summed E-state index contributed by atoms with van der Waals surface area (Å²) in [5, 5.41) is 0. The van der Waals surface area contributed by atoms with Gasteiger partial charge in [-0.15, -0.1) is 0 Å². The molecule has 10 heavy (non-hydrogen) atoms. The van der Waals surface area contributed by atoms with E-state index >= 15 is 0 Å². The number of hydrogen-bond donors (Lipinski definition) is 0. The van der Waals surface area contributed by atoms with E-state index in [4.69, 9.17) is 4.74 Å². The zero-order chi connectivity index (χ0) is 6.97. The first-order valence-corrected chi connectivity index (χ1v) is 3.88. The highest BCUT2D eigenvalue weighted by atomic mass is 16.5. The van der Waals surface area contributed by atoms with Crippen molar-refractivity contribution in [2.75, 3.05) is 0 Å². The van der Waals surface area contributed by atoms with Gasteiger partial charge in [0.1, 0.15) is 6.10 Å². The molecule has 1 nitrogen and oxygen atoms in total. The predicted molar refractivity (Wildman–Crippen MR) is 40.5 cm³/mol. The molecule has 0 spiro atoms. The van der Waals surface area contributed by atoms with Gasteiger partial charge in [-0.05, 0) is 30.9 Å². The average Bonchev–Trinajstić information content (AvgIpc) is 2.36. The Kier molecular flexibility index (Phi) is 1.30. The van der Waals surface area contributed by atoms with Gasteiger partial charge in [0.05, 0.1) is 6.26 Å². The number of rotatable bonds is 0. The lowest BCUT2D eigenvalue weighted by Crippen LogP contribution is -2.22. The van der Waals surface area contributed by atoms with E-state index in [-0.39, 0.29) is 0 Å².